The Kier molecular flexibility index (Phi) is 5.72. The molecular formula is C16H24O5. The van der Waals surface area contributed by atoms with Crippen LogP contribution < -0.4 is 0 Å². The minimum atomic E-state index is -1.76. The summed E-state index contributed by atoms with van der Waals surface area (Å²) >= 11 is 0. The molecule has 3 N–H and O–H groups in total. The molecule has 0 amide bonds. The van der Waals surface area contributed by atoms with Crippen molar-refractivity contribution in [1.29, 1.82) is 0 Å². The zero-order valence-electron chi connectivity index (χ0n) is 13.0. The van der Waals surface area contributed by atoms with Gasteiger partial charge in [0.05, 0.1) is 0 Å². The van der Waals surface area contributed by atoms with Gasteiger partial charge in [0.15, 0.2) is 11.9 Å². The first kappa shape index (κ1) is 17.4. The highest BCUT2D eigenvalue weighted by atomic mass is 16.3. The van der Waals surface area contributed by atoms with Gasteiger partial charge in [-0.05, 0) is 24.7 Å². The van der Waals surface area contributed by atoms with Gasteiger partial charge in [-0.3, -0.25) is 9.59 Å². The van der Waals surface area contributed by atoms with Crippen molar-refractivity contribution in [3.8, 4) is 0 Å². The molecule has 0 spiro atoms. The first-order valence-electron chi connectivity index (χ1n) is 7.27. The maximum atomic E-state index is 12.1. The molecule has 5 nitrogen and oxygen atoms in total. The smallest absolute Gasteiger partial charge is 0.206 e. The highest BCUT2D eigenvalue weighted by Gasteiger charge is 2.38. The van der Waals surface area contributed by atoms with E-state index in [1.54, 1.807) is 0 Å². The molecule has 0 saturated heterocycles. The second-order valence-electron chi connectivity index (χ2n) is 6.31. The van der Waals surface area contributed by atoms with Gasteiger partial charge in [-0.15, -0.1) is 0 Å². The monoisotopic (exact) mass is 296 g/mol. The van der Waals surface area contributed by atoms with Crippen LogP contribution in [-0.4, -0.2) is 33.0 Å². The van der Waals surface area contributed by atoms with Gasteiger partial charge >= 0.3 is 0 Å². The third-order valence-electron chi connectivity index (χ3n) is 3.43. The largest absolute Gasteiger partial charge is 0.509 e. The molecule has 0 heterocycles. The van der Waals surface area contributed by atoms with Crippen LogP contribution in [0.5, 0.6) is 0 Å². The van der Waals surface area contributed by atoms with Gasteiger partial charge in [0.2, 0.25) is 5.78 Å². The van der Waals surface area contributed by atoms with Crippen molar-refractivity contribution < 1.29 is 24.9 Å². The van der Waals surface area contributed by atoms with Crippen LogP contribution in [0.4, 0.5) is 0 Å². The minimum Gasteiger partial charge on any atom is -0.509 e. The van der Waals surface area contributed by atoms with Crippen LogP contribution in [0.2, 0.25) is 0 Å². The van der Waals surface area contributed by atoms with Crippen LogP contribution in [0.15, 0.2) is 22.7 Å². The van der Waals surface area contributed by atoms with Gasteiger partial charge in [-0.2, -0.15) is 0 Å². The van der Waals surface area contributed by atoms with E-state index in [1.165, 1.54) is 0 Å². The topological polar surface area (TPSA) is 94.8 Å². The summed E-state index contributed by atoms with van der Waals surface area (Å²) in [6, 6.07) is 0. The molecule has 0 aromatic carbocycles. The number of aliphatic hydroxyl groups is 3. The van der Waals surface area contributed by atoms with E-state index in [1.807, 2.05) is 27.7 Å². The van der Waals surface area contributed by atoms with Crippen LogP contribution >= 0.6 is 0 Å². The van der Waals surface area contributed by atoms with Crippen molar-refractivity contribution in [2.75, 3.05) is 0 Å². The lowest BCUT2D eigenvalue weighted by Gasteiger charge is -2.23. The third-order valence-corrected chi connectivity index (χ3v) is 3.43. The van der Waals surface area contributed by atoms with Crippen molar-refractivity contribution in [2.45, 2.75) is 53.1 Å². The molecule has 0 radical (unpaired) electrons. The van der Waals surface area contributed by atoms with E-state index in [2.05, 4.69) is 0 Å². The number of hydrogen-bond donors (Lipinski definition) is 3. The first-order chi connectivity index (χ1) is 9.66. The van der Waals surface area contributed by atoms with Gasteiger partial charge in [-0.25, -0.2) is 0 Å². The molecule has 1 rings (SSSR count). The van der Waals surface area contributed by atoms with E-state index in [4.69, 9.17) is 0 Å². The van der Waals surface area contributed by atoms with Gasteiger partial charge in [0.1, 0.15) is 17.1 Å². The number of rotatable bonds is 6. The molecule has 0 aromatic heterocycles. The predicted molar refractivity (Wildman–Crippen MR) is 78.9 cm³/mol. The lowest BCUT2D eigenvalue weighted by molar-refractivity contribution is -0.127. The Morgan fingerprint density at radius 2 is 1.71 bits per heavy atom. The molecule has 21 heavy (non-hydrogen) atoms. The van der Waals surface area contributed by atoms with Crippen molar-refractivity contribution in [2.24, 2.45) is 11.8 Å². The van der Waals surface area contributed by atoms with Crippen LogP contribution in [0.1, 0.15) is 47.0 Å². The zero-order valence-corrected chi connectivity index (χ0v) is 13.0. The van der Waals surface area contributed by atoms with E-state index < -0.39 is 29.2 Å². The lowest BCUT2D eigenvalue weighted by Crippen LogP contribution is -2.34. The number of hydrogen-bond acceptors (Lipinski definition) is 5. The average molecular weight is 296 g/mol. The molecule has 0 aliphatic heterocycles. The molecule has 1 unspecified atom stereocenters. The Hall–Kier alpha value is -1.62. The number of aliphatic hydroxyl groups excluding tert-OH is 3. The second-order valence-corrected chi connectivity index (χ2v) is 6.31. The number of carbonyl (C=O) groups is 2. The highest BCUT2D eigenvalue weighted by molar-refractivity contribution is 6.23. The minimum absolute atomic E-state index is 0.0290. The summed E-state index contributed by atoms with van der Waals surface area (Å²) in [7, 11) is 0. The summed E-state index contributed by atoms with van der Waals surface area (Å²) in [6.07, 6.45) is -0.682. The summed E-state index contributed by atoms with van der Waals surface area (Å²) in [6.45, 7) is 7.61. The Labute approximate surface area is 125 Å². The summed E-state index contributed by atoms with van der Waals surface area (Å²) < 4.78 is 0. The van der Waals surface area contributed by atoms with Crippen LogP contribution in [0.25, 0.3) is 0 Å². The standard InChI is InChI=1S/C16H24O5/c1-8(2)5-6-10-13(18)12(11(17)7-9(3)4)15(20)16(21)14(10)19/h8-9,16,18-19,21H,5-7H2,1-4H3. The second kappa shape index (κ2) is 6.89. The Balaban J connectivity index is 3.19. The molecule has 0 saturated carbocycles. The average Bonchev–Trinajstić information content (AvgIpc) is 2.35. The number of Topliss-reactive ketones (excluding diaryl/α,β-unsaturated/α-hetero) is 2. The maximum Gasteiger partial charge on any atom is 0.206 e. The Bertz CT molecular complexity index is 497. The fourth-order valence-corrected chi connectivity index (χ4v) is 2.24. The van der Waals surface area contributed by atoms with Gasteiger partial charge in [0, 0.05) is 12.0 Å². The summed E-state index contributed by atoms with van der Waals surface area (Å²) in [4.78, 5) is 24.1. The van der Waals surface area contributed by atoms with Gasteiger partial charge in [-0.1, -0.05) is 27.7 Å². The summed E-state index contributed by atoms with van der Waals surface area (Å²) in [5.41, 5.74) is -0.282. The molecule has 5 heteroatoms. The quantitative estimate of drug-likeness (QED) is 0.655. The van der Waals surface area contributed by atoms with E-state index in [0.29, 0.717) is 18.8 Å². The first-order valence-corrected chi connectivity index (χ1v) is 7.27. The molecule has 118 valence electrons. The van der Waals surface area contributed by atoms with Crippen LogP contribution in [0.3, 0.4) is 0 Å². The number of carbonyl (C=O) groups excluding carboxylic acids is 2. The van der Waals surface area contributed by atoms with Crippen LogP contribution in [-0.2, 0) is 9.59 Å². The molecule has 0 bridgehead atoms. The number of allylic oxidation sites excluding steroid dienone is 1. The van der Waals surface area contributed by atoms with Crippen molar-refractivity contribution in [3.05, 3.63) is 22.7 Å². The fraction of sp³-hybridized carbons (Fsp3) is 0.625. The van der Waals surface area contributed by atoms with E-state index in [9.17, 15) is 24.9 Å². The molecule has 0 aromatic rings. The molecule has 1 aliphatic carbocycles. The molecule has 0 fully saturated rings. The highest BCUT2D eigenvalue weighted by Crippen LogP contribution is 2.31. The van der Waals surface area contributed by atoms with Gasteiger partial charge in [0.25, 0.3) is 0 Å². The normalized spacial score (nSPS) is 20.0. The van der Waals surface area contributed by atoms with Crippen molar-refractivity contribution in [3.63, 3.8) is 0 Å². The zero-order chi connectivity index (χ0) is 16.3. The van der Waals surface area contributed by atoms with Crippen molar-refractivity contribution in [1.82, 2.24) is 0 Å². The fourth-order valence-electron chi connectivity index (χ4n) is 2.24. The number of ketones is 2. The molecule has 1 aliphatic rings. The molecule has 1 atom stereocenters. The lowest BCUT2D eigenvalue weighted by atomic mass is 9.85. The molecular weight excluding hydrogens is 272 g/mol. The van der Waals surface area contributed by atoms with E-state index >= 15 is 0 Å². The van der Waals surface area contributed by atoms with E-state index in [0.717, 1.165) is 0 Å². The third kappa shape index (κ3) is 3.94. The SMILES string of the molecule is CC(C)CCC1=C(O)C(O)C(=O)C(C(=O)CC(C)C)=C1O. The van der Waals surface area contributed by atoms with Gasteiger partial charge < -0.3 is 15.3 Å². The Morgan fingerprint density at radius 1 is 1.14 bits per heavy atom. The van der Waals surface area contributed by atoms with E-state index in [-0.39, 0.29) is 23.5 Å². The van der Waals surface area contributed by atoms with Crippen LogP contribution in [0, 0.1) is 11.8 Å². The Morgan fingerprint density at radius 3 is 2.19 bits per heavy atom. The summed E-state index contributed by atoms with van der Waals surface area (Å²) in [5.74, 6) is -2.09. The predicted octanol–water partition coefficient (Wildman–Crippen LogP) is 2.61. The van der Waals surface area contributed by atoms with Crippen molar-refractivity contribution >= 4 is 11.6 Å². The maximum absolute atomic E-state index is 12.1. The summed E-state index contributed by atoms with van der Waals surface area (Å²) in [5, 5.41) is 29.9.